The summed E-state index contributed by atoms with van der Waals surface area (Å²) < 4.78 is 42.3. The van der Waals surface area contributed by atoms with Gasteiger partial charge in [0.1, 0.15) is 5.82 Å². The maximum atomic E-state index is 13.1. The van der Waals surface area contributed by atoms with E-state index in [0.29, 0.717) is 13.0 Å². The second kappa shape index (κ2) is 7.44. The molecule has 3 heterocycles. The lowest BCUT2D eigenvalue weighted by Gasteiger charge is -2.23. The first-order chi connectivity index (χ1) is 13.4. The quantitative estimate of drug-likeness (QED) is 0.660. The number of halogens is 1. The maximum Gasteiger partial charge on any atom is 0.262 e. The van der Waals surface area contributed by atoms with Crippen molar-refractivity contribution in [1.82, 2.24) is 18.8 Å². The van der Waals surface area contributed by atoms with E-state index in [2.05, 4.69) is 4.98 Å². The monoisotopic (exact) mass is 400 g/mol. The summed E-state index contributed by atoms with van der Waals surface area (Å²) in [4.78, 5) is 8.73. The number of hydrogen-bond donors (Lipinski definition) is 0. The summed E-state index contributed by atoms with van der Waals surface area (Å²) in [5.74, 6) is -0.271. The van der Waals surface area contributed by atoms with Gasteiger partial charge in [-0.1, -0.05) is 18.2 Å². The van der Waals surface area contributed by atoms with Crippen molar-refractivity contribution in [3.05, 3.63) is 77.8 Å². The minimum absolute atomic E-state index is 0.0596. The Morgan fingerprint density at radius 1 is 1.18 bits per heavy atom. The Labute approximate surface area is 163 Å². The number of nitrogens with zero attached hydrogens (tertiary/aromatic N) is 4. The molecule has 4 rings (SSSR count). The molecule has 6 nitrogen and oxygen atoms in total. The van der Waals surface area contributed by atoms with Crippen molar-refractivity contribution in [2.24, 2.45) is 7.05 Å². The van der Waals surface area contributed by atoms with Crippen LogP contribution in [0.1, 0.15) is 35.8 Å². The van der Waals surface area contributed by atoms with Crippen LogP contribution in [0.25, 0.3) is 0 Å². The van der Waals surface area contributed by atoms with Crippen LogP contribution in [0, 0.1) is 5.82 Å². The van der Waals surface area contributed by atoms with Crippen LogP contribution in [0.4, 0.5) is 4.39 Å². The van der Waals surface area contributed by atoms with E-state index in [4.69, 9.17) is 4.98 Å². The van der Waals surface area contributed by atoms with Gasteiger partial charge in [0.25, 0.3) is 10.0 Å². The Hall–Kier alpha value is -2.58. The first-order valence-electron chi connectivity index (χ1n) is 9.13. The van der Waals surface area contributed by atoms with Crippen molar-refractivity contribution >= 4 is 10.0 Å². The van der Waals surface area contributed by atoms with Crippen molar-refractivity contribution in [2.45, 2.75) is 30.3 Å². The number of sulfonamides is 1. The lowest BCUT2D eigenvalue weighted by atomic mass is 10.1. The molecular weight excluding hydrogens is 379 g/mol. The first kappa shape index (κ1) is 18.8. The molecule has 1 saturated heterocycles. The molecule has 0 radical (unpaired) electrons. The molecule has 1 aliphatic heterocycles. The molecule has 0 spiro atoms. The molecule has 0 aliphatic carbocycles. The van der Waals surface area contributed by atoms with Gasteiger partial charge in [-0.15, -0.1) is 0 Å². The van der Waals surface area contributed by atoms with Crippen molar-refractivity contribution in [1.29, 1.82) is 0 Å². The summed E-state index contributed by atoms with van der Waals surface area (Å²) in [6.45, 7) is 0.452. The van der Waals surface area contributed by atoms with Gasteiger partial charge in [-0.05, 0) is 42.7 Å². The van der Waals surface area contributed by atoms with Crippen molar-refractivity contribution in [3.8, 4) is 0 Å². The zero-order chi connectivity index (χ0) is 19.7. The summed E-state index contributed by atoms with van der Waals surface area (Å²) in [6.07, 6.45) is 5.07. The predicted octanol–water partition coefficient (Wildman–Crippen LogP) is 3.07. The number of imidazole rings is 1. The van der Waals surface area contributed by atoms with Gasteiger partial charge in [0, 0.05) is 31.9 Å². The van der Waals surface area contributed by atoms with E-state index >= 15 is 0 Å². The van der Waals surface area contributed by atoms with Crippen LogP contribution in [0.5, 0.6) is 0 Å². The van der Waals surface area contributed by atoms with E-state index in [9.17, 15) is 12.8 Å². The standard InChI is InChI=1S/C20H21FN4O2S/c1-24-13-20(22-14-24)28(26,27)25-11-3-6-19(25)18-5-2-4-17(23-18)12-15-7-9-16(21)10-8-15/h2,4-5,7-10,13-14,19H,3,6,11-12H2,1H3/t19-/m1/s1. The Bertz CT molecular complexity index is 1080. The minimum Gasteiger partial charge on any atom is -0.339 e. The molecule has 0 saturated carbocycles. The van der Waals surface area contributed by atoms with E-state index in [0.717, 1.165) is 29.8 Å². The zero-order valence-electron chi connectivity index (χ0n) is 15.5. The van der Waals surface area contributed by atoms with E-state index < -0.39 is 10.0 Å². The van der Waals surface area contributed by atoms with Crippen LogP contribution in [-0.2, 0) is 23.5 Å². The first-order valence-corrected chi connectivity index (χ1v) is 10.6. The molecule has 1 aliphatic rings. The summed E-state index contributed by atoms with van der Waals surface area (Å²) in [6, 6.07) is 11.7. The van der Waals surface area contributed by atoms with Gasteiger partial charge in [0.15, 0.2) is 5.03 Å². The van der Waals surface area contributed by atoms with Gasteiger partial charge >= 0.3 is 0 Å². The van der Waals surface area contributed by atoms with E-state index in [1.807, 2.05) is 18.2 Å². The third-order valence-electron chi connectivity index (χ3n) is 4.93. The van der Waals surface area contributed by atoms with Crippen molar-refractivity contribution in [3.63, 3.8) is 0 Å². The third kappa shape index (κ3) is 3.70. The van der Waals surface area contributed by atoms with E-state index in [-0.39, 0.29) is 16.9 Å². The average molecular weight is 400 g/mol. The summed E-state index contributed by atoms with van der Waals surface area (Å²) in [5, 5.41) is 0.0596. The average Bonchev–Trinajstić information content (AvgIpc) is 3.34. The van der Waals surface area contributed by atoms with Crippen LogP contribution in [0.3, 0.4) is 0 Å². The van der Waals surface area contributed by atoms with E-state index in [1.165, 1.54) is 29.0 Å². The normalized spacial score (nSPS) is 17.9. The van der Waals surface area contributed by atoms with Gasteiger partial charge < -0.3 is 4.57 Å². The molecule has 0 N–H and O–H groups in total. The molecule has 1 fully saturated rings. The lowest BCUT2D eigenvalue weighted by molar-refractivity contribution is 0.388. The highest BCUT2D eigenvalue weighted by molar-refractivity contribution is 7.89. The van der Waals surface area contributed by atoms with Crippen LogP contribution < -0.4 is 0 Å². The summed E-state index contributed by atoms with van der Waals surface area (Å²) in [7, 11) is -1.93. The number of aromatic nitrogens is 3. The fourth-order valence-corrected chi connectivity index (χ4v) is 5.20. The number of benzene rings is 1. The number of hydrogen-bond acceptors (Lipinski definition) is 4. The van der Waals surface area contributed by atoms with Gasteiger partial charge in [-0.2, -0.15) is 4.31 Å². The highest BCUT2D eigenvalue weighted by Gasteiger charge is 2.38. The predicted molar refractivity (Wildman–Crippen MR) is 103 cm³/mol. The van der Waals surface area contributed by atoms with Gasteiger partial charge in [0.05, 0.1) is 18.1 Å². The fraction of sp³-hybridized carbons (Fsp3) is 0.300. The molecule has 0 unspecified atom stereocenters. The fourth-order valence-electron chi connectivity index (χ4n) is 3.56. The highest BCUT2D eigenvalue weighted by atomic mass is 32.2. The molecule has 8 heteroatoms. The Balaban J connectivity index is 1.60. The number of pyridine rings is 1. The molecule has 0 bridgehead atoms. The number of rotatable bonds is 5. The third-order valence-corrected chi connectivity index (χ3v) is 6.72. The van der Waals surface area contributed by atoms with Crippen molar-refractivity contribution < 1.29 is 12.8 Å². The maximum absolute atomic E-state index is 13.1. The highest BCUT2D eigenvalue weighted by Crippen LogP contribution is 2.35. The molecule has 0 amide bonds. The van der Waals surface area contributed by atoms with Gasteiger partial charge in [0.2, 0.25) is 0 Å². The smallest absolute Gasteiger partial charge is 0.262 e. The second-order valence-corrected chi connectivity index (χ2v) is 8.85. The van der Waals surface area contributed by atoms with Crippen LogP contribution in [0.15, 0.2) is 60.0 Å². The Kier molecular flexibility index (Phi) is 4.99. The van der Waals surface area contributed by atoms with Crippen LogP contribution in [-0.4, -0.2) is 33.8 Å². The zero-order valence-corrected chi connectivity index (χ0v) is 16.3. The lowest BCUT2D eigenvalue weighted by Crippen LogP contribution is -2.31. The van der Waals surface area contributed by atoms with E-state index in [1.54, 1.807) is 23.7 Å². The molecule has 1 aromatic carbocycles. The summed E-state index contributed by atoms with van der Waals surface area (Å²) >= 11 is 0. The van der Waals surface area contributed by atoms with Gasteiger partial charge in [-0.3, -0.25) is 4.98 Å². The Morgan fingerprint density at radius 3 is 2.68 bits per heavy atom. The Morgan fingerprint density at radius 2 is 1.96 bits per heavy atom. The molecule has 2 aromatic heterocycles. The van der Waals surface area contributed by atoms with Gasteiger partial charge in [-0.25, -0.2) is 17.8 Å². The summed E-state index contributed by atoms with van der Waals surface area (Å²) in [5.41, 5.74) is 2.51. The second-order valence-electron chi connectivity index (χ2n) is 7.01. The largest absolute Gasteiger partial charge is 0.339 e. The molecular formula is C20H21FN4O2S. The minimum atomic E-state index is -3.67. The van der Waals surface area contributed by atoms with Crippen molar-refractivity contribution in [2.75, 3.05) is 6.54 Å². The SMILES string of the molecule is Cn1cnc(S(=O)(=O)N2CCC[C@@H]2c2cccc(Cc3ccc(F)cc3)n2)c1. The number of aryl methyl sites for hydroxylation is 1. The molecule has 146 valence electrons. The molecule has 1 atom stereocenters. The molecule has 3 aromatic rings. The molecule has 28 heavy (non-hydrogen) atoms. The topological polar surface area (TPSA) is 68.1 Å². The van der Waals surface area contributed by atoms with Crippen LogP contribution >= 0.6 is 0 Å². The van der Waals surface area contributed by atoms with Crippen LogP contribution in [0.2, 0.25) is 0 Å².